The second-order valence-electron chi connectivity index (χ2n) is 5.41. The van der Waals surface area contributed by atoms with Crippen molar-refractivity contribution in [2.24, 2.45) is 0 Å². The number of nitrogens with zero attached hydrogens (tertiary/aromatic N) is 1. The van der Waals surface area contributed by atoms with Gasteiger partial charge in [-0.3, -0.25) is 4.72 Å². The van der Waals surface area contributed by atoms with Gasteiger partial charge >= 0.3 is 0 Å². The maximum atomic E-state index is 12.6. The minimum Gasteiger partial charge on any atom is -0.376 e. The van der Waals surface area contributed by atoms with E-state index < -0.39 is 10.0 Å². The molecular weight excluding hydrogens is 320 g/mol. The van der Waals surface area contributed by atoms with Crippen LogP contribution in [0.2, 0.25) is 5.02 Å². The highest BCUT2D eigenvalue weighted by molar-refractivity contribution is 7.92. The average molecular weight is 339 g/mol. The summed E-state index contributed by atoms with van der Waals surface area (Å²) in [4.78, 5) is 2.06. The first-order valence-electron chi connectivity index (χ1n) is 6.77. The molecule has 0 saturated carbocycles. The molecule has 2 aromatic rings. The van der Waals surface area contributed by atoms with Gasteiger partial charge in [0.2, 0.25) is 0 Å². The van der Waals surface area contributed by atoms with Gasteiger partial charge in [0.1, 0.15) is 0 Å². The summed E-state index contributed by atoms with van der Waals surface area (Å²) < 4.78 is 27.8. The normalized spacial score (nSPS) is 11.3. The molecule has 2 aromatic carbocycles. The summed E-state index contributed by atoms with van der Waals surface area (Å²) in [7, 11) is 0.0279. The Morgan fingerprint density at radius 3 is 2.27 bits per heavy atom. The monoisotopic (exact) mass is 338 g/mol. The maximum Gasteiger partial charge on any atom is 0.261 e. The van der Waals surface area contributed by atoms with Crippen molar-refractivity contribution in [2.75, 3.05) is 23.7 Å². The van der Waals surface area contributed by atoms with Crippen LogP contribution in [0.4, 0.5) is 11.4 Å². The molecule has 0 aliphatic rings. The molecule has 0 aromatic heterocycles. The summed E-state index contributed by atoms with van der Waals surface area (Å²) in [5, 5.41) is 0.475. The molecule has 0 amide bonds. The molecular formula is C16H19ClN2O2S. The molecule has 0 atom stereocenters. The van der Waals surface area contributed by atoms with Crippen LogP contribution in [0.5, 0.6) is 0 Å². The fourth-order valence-corrected chi connectivity index (χ4v) is 3.39. The predicted octanol–water partition coefficient (Wildman–Crippen LogP) is 3.82. The first-order valence-corrected chi connectivity index (χ1v) is 8.64. The number of rotatable bonds is 4. The third-order valence-corrected chi connectivity index (χ3v) is 5.07. The van der Waals surface area contributed by atoms with Crippen LogP contribution in [0.25, 0.3) is 0 Å². The topological polar surface area (TPSA) is 49.4 Å². The molecule has 0 radical (unpaired) electrons. The van der Waals surface area contributed by atoms with Crippen LogP contribution >= 0.6 is 11.6 Å². The lowest BCUT2D eigenvalue weighted by Gasteiger charge is -2.19. The SMILES string of the molecule is Cc1ccc(S(=O)(=O)Nc2cc(Cl)ccc2N(C)C)cc1C. The summed E-state index contributed by atoms with van der Waals surface area (Å²) in [5.74, 6) is 0. The lowest BCUT2D eigenvalue weighted by molar-refractivity contribution is 0.601. The molecule has 0 bridgehead atoms. The Morgan fingerprint density at radius 1 is 1.00 bits per heavy atom. The number of hydrogen-bond acceptors (Lipinski definition) is 3. The Balaban J connectivity index is 2.44. The van der Waals surface area contributed by atoms with Gasteiger partial charge in [0.05, 0.1) is 16.3 Å². The van der Waals surface area contributed by atoms with E-state index in [0.717, 1.165) is 16.8 Å². The number of hydrogen-bond donors (Lipinski definition) is 1. The van der Waals surface area contributed by atoms with Crippen molar-refractivity contribution in [3.63, 3.8) is 0 Å². The van der Waals surface area contributed by atoms with Crippen molar-refractivity contribution in [1.29, 1.82) is 0 Å². The van der Waals surface area contributed by atoms with E-state index in [0.29, 0.717) is 10.7 Å². The maximum absolute atomic E-state index is 12.6. The highest BCUT2D eigenvalue weighted by atomic mass is 35.5. The Bertz CT molecular complexity index is 802. The van der Waals surface area contributed by atoms with Gasteiger partial charge < -0.3 is 4.90 Å². The van der Waals surface area contributed by atoms with Crippen LogP contribution in [0, 0.1) is 13.8 Å². The summed E-state index contributed by atoms with van der Waals surface area (Å²) >= 11 is 5.99. The molecule has 4 nitrogen and oxygen atoms in total. The van der Waals surface area contributed by atoms with E-state index >= 15 is 0 Å². The third kappa shape index (κ3) is 3.54. The largest absolute Gasteiger partial charge is 0.376 e. The zero-order valence-electron chi connectivity index (χ0n) is 13.0. The molecule has 0 unspecified atom stereocenters. The van der Waals surface area contributed by atoms with Crippen LogP contribution in [0.15, 0.2) is 41.3 Å². The predicted molar refractivity (Wildman–Crippen MR) is 92.5 cm³/mol. The van der Waals surface area contributed by atoms with E-state index in [4.69, 9.17) is 11.6 Å². The Morgan fingerprint density at radius 2 is 1.68 bits per heavy atom. The van der Waals surface area contributed by atoms with E-state index in [1.807, 2.05) is 32.8 Å². The Kier molecular flexibility index (Phi) is 4.68. The van der Waals surface area contributed by atoms with Crippen molar-refractivity contribution in [2.45, 2.75) is 18.7 Å². The van der Waals surface area contributed by atoms with Crippen LogP contribution in [-0.4, -0.2) is 22.5 Å². The number of aryl methyl sites for hydroxylation is 2. The van der Waals surface area contributed by atoms with Crippen molar-refractivity contribution >= 4 is 33.0 Å². The fourth-order valence-electron chi connectivity index (χ4n) is 2.06. The molecule has 1 N–H and O–H groups in total. The number of sulfonamides is 1. The molecule has 118 valence electrons. The number of nitrogens with one attached hydrogen (secondary N) is 1. The molecule has 0 fully saturated rings. The molecule has 0 aliphatic heterocycles. The minimum absolute atomic E-state index is 0.236. The zero-order chi connectivity index (χ0) is 16.5. The van der Waals surface area contributed by atoms with Gasteiger partial charge in [-0.2, -0.15) is 0 Å². The van der Waals surface area contributed by atoms with Gasteiger partial charge in [0.25, 0.3) is 10.0 Å². The Labute approximate surface area is 136 Å². The molecule has 0 heterocycles. The molecule has 0 aliphatic carbocycles. The zero-order valence-corrected chi connectivity index (χ0v) is 14.6. The van der Waals surface area contributed by atoms with Crippen molar-refractivity contribution in [3.8, 4) is 0 Å². The molecule has 2 rings (SSSR count). The first kappa shape index (κ1) is 16.6. The smallest absolute Gasteiger partial charge is 0.261 e. The van der Waals surface area contributed by atoms with Crippen molar-refractivity contribution < 1.29 is 8.42 Å². The third-order valence-electron chi connectivity index (χ3n) is 3.47. The fraction of sp³-hybridized carbons (Fsp3) is 0.250. The van der Waals surface area contributed by atoms with Gasteiger partial charge in [-0.25, -0.2) is 8.42 Å². The van der Waals surface area contributed by atoms with E-state index in [2.05, 4.69) is 4.72 Å². The van der Waals surface area contributed by atoms with Gasteiger partial charge in [-0.1, -0.05) is 17.7 Å². The lowest BCUT2D eigenvalue weighted by atomic mass is 10.1. The van der Waals surface area contributed by atoms with Gasteiger partial charge in [0.15, 0.2) is 0 Å². The van der Waals surface area contributed by atoms with Crippen LogP contribution < -0.4 is 9.62 Å². The standard InChI is InChI=1S/C16H19ClN2O2S/c1-11-5-7-14(9-12(11)2)22(20,21)18-15-10-13(17)6-8-16(15)19(3)4/h5-10,18H,1-4H3. The van der Waals surface area contributed by atoms with E-state index in [-0.39, 0.29) is 4.90 Å². The van der Waals surface area contributed by atoms with Gasteiger partial charge in [-0.05, 0) is 55.3 Å². The van der Waals surface area contributed by atoms with Crippen molar-refractivity contribution in [1.82, 2.24) is 0 Å². The molecule has 0 saturated heterocycles. The number of anilines is 2. The lowest BCUT2D eigenvalue weighted by Crippen LogP contribution is -2.17. The average Bonchev–Trinajstić information content (AvgIpc) is 2.41. The van der Waals surface area contributed by atoms with Crippen LogP contribution in [0.1, 0.15) is 11.1 Å². The highest BCUT2D eigenvalue weighted by Gasteiger charge is 2.17. The highest BCUT2D eigenvalue weighted by Crippen LogP contribution is 2.30. The first-order chi connectivity index (χ1) is 10.2. The Hall–Kier alpha value is -1.72. The van der Waals surface area contributed by atoms with E-state index in [9.17, 15) is 8.42 Å². The number of benzene rings is 2. The summed E-state index contributed by atoms with van der Waals surface area (Å²) in [6.45, 7) is 3.83. The molecule has 0 spiro atoms. The summed E-state index contributed by atoms with van der Waals surface area (Å²) in [6, 6.07) is 10.2. The summed E-state index contributed by atoms with van der Waals surface area (Å²) in [6.07, 6.45) is 0. The van der Waals surface area contributed by atoms with Gasteiger partial charge in [0, 0.05) is 19.1 Å². The molecule has 6 heteroatoms. The molecule has 22 heavy (non-hydrogen) atoms. The number of halogens is 1. The van der Waals surface area contributed by atoms with E-state index in [1.165, 1.54) is 0 Å². The van der Waals surface area contributed by atoms with Gasteiger partial charge in [-0.15, -0.1) is 0 Å². The quantitative estimate of drug-likeness (QED) is 0.921. The summed E-state index contributed by atoms with van der Waals surface area (Å²) in [5.41, 5.74) is 3.19. The van der Waals surface area contributed by atoms with Crippen molar-refractivity contribution in [3.05, 3.63) is 52.5 Å². The van der Waals surface area contributed by atoms with E-state index in [1.54, 1.807) is 36.4 Å². The second kappa shape index (κ2) is 6.18. The van der Waals surface area contributed by atoms with Crippen LogP contribution in [-0.2, 0) is 10.0 Å². The second-order valence-corrected chi connectivity index (χ2v) is 7.53. The van der Waals surface area contributed by atoms with Crippen LogP contribution in [0.3, 0.4) is 0 Å². The minimum atomic E-state index is -3.66.